The Labute approximate surface area is 86.9 Å². The third-order valence-corrected chi connectivity index (χ3v) is 1.90. The molecule has 0 amide bonds. The number of aromatic hydroxyl groups is 1. The van der Waals surface area contributed by atoms with Crippen LogP contribution < -0.4 is 0 Å². The normalized spacial score (nSPS) is 10.9. The molecule has 0 atom stereocenters. The Morgan fingerprint density at radius 3 is 3.07 bits per heavy atom. The lowest BCUT2D eigenvalue weighted by Crippen LogP contribution is -1.84. The zero-order valence-electron chi connectivity index (χ0n) is 8.00. The number of furan rings is 1. The van der Waals surface area contributed by atoms with Gasteiger partial charge in [0.25, 0.3) is 5.95 Å². The zero-order chi connectivity index (χ0) is 10.5. The SMILES string of the molecule is Oc1occc1C=NCc1cccnc1. The molecule has 4 heteroatoms. The van der Waals surface area contributed by atoms with Crippen molar-refractivity contribution >= 4 is 6.21 Å². The number of nitrogens with zero attached hydrogens (tertiary/aromatic N) is 2. The Balaban J connectivity index is 2.00. The van der Waals surface area contributed by atoms with Crippen molar-refractivity contribution in [2.24, 2.45) is 4.99 Å². The summed E-state index contributed by atoms with van der Waals surface area (Å²) in [5, 5.41) is 9.18. The quantitative estimate of drug-likeness (QED) is 0.774. The van der Waals surface area contributed by atoms with Gasteiger partial charge in [0.2, 0.25) is 0 Å². The second kappa shape index (κ2) is 4.41. The fraction of sp³-hybridized carbons (Fsp3) is 0.0909. The number of hydrogen-bond donors (Lipinski definition) is 1. The second-order valence-electron chi connectivity index (χ2n) is 3.01. The molecule has 76 valence electrons. The van der Waals surface area contributed by atoms with Gasteiger partial charge in [0.15, 0.2) is 0 Å². The zero-order valence-corrected chi connectivity index (χ0v) is 8.00. The minimum absolute atomic E-state index is 0.107. The maximum absolute atomic E-state index is 9.18. The molecule has 2 aromatic rings. The first kappa shape index (κ1) is 9.45. The number of aliphatic imine (C=N–C) groups is 1. The summed E-state index contributed by atoms with van der Waals surface area (Å²) in [6.07, 6.45) is 6.47. The molecule has 0 aliphatic carbocycles. The average molecular weight is 202 g/mol. The van der Waals surface area contributed by atoms with Crippen molar-refractivity contribution in [1.82, 2.24) is 4.98 Å². The molecule has 0 aliphatic heterocycles. The molecule has 15 heavy (non-hydrogen) atoms. The Morgan fingerprint density at radius 1 is 1.47 bits per heavy atom. The first-order valence-electron chi connectivity index (χ1n) is 4.51. The van der Waals surface area contributed by atoms with Gasteiger partial charge in [-0.05, 0) is 17.7 Å². The Morgan fingerprint density at radius 2 is 2.40 bits per heavy atom. The largest absolute Gasteiger partial charge is 0.480 e. The van der Waals surface area contributed by atoms with Crippen LogP contribution in [0.2, 0.25) is 0 Å². The molecule has 2 heterocycles. The predicted octanol–water partition coefficient (Wildman–Crippen LogP) is 2.00. The van der Waals surface area contributed by atoms with Gasteiger partial charge in [0, 0.05) is 18.6 Å². The van der Waals surface area contributed by atoms with Gasteiger partial charge in [0.1, 0.15) is 0 Å². The molecular weight excluding hydrogens is 192 g/mol. The standard InChI is InChI=1S/C11H10N2O2/c14-11-10(3-5-15-11)8-13-7-9-2-1-4-12-6-9/h1-6,8,14H,7H2. The van der Waals surface area contributed by atoms with E-state index in [1.807, 2.05) is 12.1 Å². The summed E-state index contributed by atoms with van der Waals surface area (Å²) < 4.78 is 4.72. The Hall–Kier alpha value is -2.10. The van der Waals surface area contributed by atoms with E-state index in [2.05, 4.69) is 9.98 Å². The highest BCUT2D eigenvalue weighted by molar-refractivity contribution is 5.81. The van der Waals surface area contributed by atoms with Gasteiger partial charge in [-0.15, -0.1) is 0 Å². The van der Waals surface area contributed by atoms with Crippen LogP contribution in [0.5, 0.6) is 5.95 Å². The molecule has 0 saturated heterocycles. The number of pyridine rings is 1. The molecular formula is C11H10N2O2. The van der Waals surface area contributed by atoms with Crippen molar-refractivity contribution in [2.75, 3.05) is 0 Å². The van der Waals surface area contributed by atoms with Crippen LogP contribution in [0.15, 0.2) is 46.3 Å². The molecule has 0 spiro atoms. The fourth-order valence-electron chi connectivity index (χ4n) is 1.15. The van der Waals surface area contributed by atoms with E-state index in [0.29, 0.717) is 12.1 Å². The van der Waals surface area contributed by atoms with Gasteiger partial charge in [-0.1, -0.05) is 6.07 Å². The summed E-state index contributed by atoms with van der Waals surface area (Å²) in [6.45, 7) is 0.540. The van der Waals surface area contributed by atoms with Crippen molar-refractivity contribution < 1.29 is 9.52 Å². The Kier molecular flexibility index (Phi) is 2.78. The third-order valence-electron chi connectivity index (χ3n) is 1.90. The maximum atomic E-state index is 9.18. The molecule has 2 aromatic heterocycles. The van der Waals surface area contributed by atoms with Gasteiger partial charge >= 0.3 is 0 Å². The lowest BCUT2D eigenvalue weighted by atomic mass is 10.3. The molecule has 1 N–H and O–H groups in total. The van der Waals surface area contributed by atoms with E-state index in [9.17, 15) is 5.11 Å². The van der Waals surface area contributed by atoms with Crippen LogP contribution in [0, 0.1) is 0 Å². The van der Waals surface area contributed by atoms with E-state index >= 15 is 0 Å². The van der Waals surface area contributed by atoms with Crippen LogP contribution in [-0.4, -0.2) is 16.3 Å². The van der Waals surface area contributed by atoms with E-state index in [1.54, 1.807) is 24.7 Å². The van der Waals surface area contributed by atoms with Crippen molar-refractivity contribution in [2.45, 2.75) is 6.54 Å². The molecule has 0 aliphatic rings. The third kappa shape index (κ3) is 2.43. The molecule has 0 bridgehead atoms. The fourth-order valence-corrected chi connectivity index (χ4v) is 1.15. The average Bonchev–Trinajstić information content (AvgIpc) is 2.66. The lowest BCUT2D eigenvalue weighted by Gasteiger charge is -1.93. The highest BCUT2D eigenvalue weighted by Crippen LogP contribution is 2.14. The van der Waals surface area contributed by atoms with Crippen LogP contribution in [0.25, 0.3) is 0 Å². The molecule has 2 rings (SSSR count). The predicted molar refractivity (Wildman–Crippen MR) is 55.9 cm³/mol. The number of rotatable bonds is 3. The topological polar surface area (TPSA) is 58.6 Å². The van der Waals surface area contributed by atoms with Gasteiger partial charge in [-0.2, -0.15) is 0 Å². The number of hydrogen-bond acceptors (Lipinski definition) is 4. The summed E-state index contributed by atoms with van der Waals surface area (Å²) in [7, 11) is 0. The summed E-state index contributed by atoms with van der Waals surface area (Å²) >= 11 is 0. The smallest absolute Gasteiger partial charge is 0.290 e. The van der Waals surface area contributed by atoms with E-state index in [0.717, 1.165) is 5.56 Å². The summed E-state index contributed by atoms with van der Waals surface area (Å²) in [4.78, 5) is 8.14. The highest BCUT2D eigenvalue weighted by Gasteiger charge is 1.99. The van der Waals surface area contributed by atoms with Crippen LogP contribution in [0.3, 0.4) is 0 Å². The van der Waals surface area contributed by atoms with E-state index < -0.39 is 0 Å². The van der Waals surface area contributed by atoms with E-state index in [1.165, 1.54) is 6.26 Å². The van der Waals surface area contributed by atoms with Crippen LogP contribution in [0.4, 0.5) is 0 Å². The van der Waals surface area contributed by atoms with E-state index in [-0.39, 0.29) is 5.95 Å². The van der Waals surface area contributed by atoms with Crippen molar-refractivity contribution in [3.63, 3.8) is 0 Å². The lowest BCUT2D eigenvalue weighted by molar-refractivity contribution is 0.332. The Bertz CT molecular complexity index is 449. The molecule has 0 radical (unpaired) electrons. The van der Waals surface area contributed by atoms with Crippen molar-refractivity contribution in [3.8, 4) is 5.95 Å². The molecule has 0 aromatic carbocycles. The van der Waals surface area contributed by atoms with Gasteiger partial charge in [-0.25, -0.2) is 0 Å². The summed E-state index contributed by atoms with van der Waals surface area (Å²) in [5.41, 5.74) is 1.61. The van der Waals surface area contributed by atoms with Crippen molar-refractivity contribution in [1.29, 1.82) is 0 Å². The minimum atomic E-state index is -0.107. The number of aromatic nitrogens is 1. The van der Waals surface area contributed by atoms with Crippen LogP contribution >= 0.6 is 0 Å². The molecule has 0 fully saturated rings. The minimum Gasteiger partial charge on any atom is -0.480 e. The van der Waals surface area contributed by atoms with Crippen LogP contribution in [-0.2, 0) is 6.54 Å². The molecule has 0 unspecified atom stereocenters. The van der Waals surface area contributed by atoms with Gasteiger partial charge in [-0.3, -0.25) is 9.98 Å². The first-order valence-corrected chi connectivity index (χ1v) is 4.51. The summed E-state index contributed by atoms with van der Waals surface area (Å²) in [5.74, 6) is -0.107. The van der Waals surface area contributed by atoms with Gasteiger partial charge in [0.05, 0.1) is 18.4 Å². The monoisotopic (exact) mass is 202 g/mol. The van der Waals surface area contributed by atoms with Crippen molar-refractivity contribution in [3.05, 3.63) is 48.0 Å². The molecule has 4 nitrogen and oxygen atoms in total. The second-order valence-corrected chi connectivity index (χ2v) is 3.01. The first-order chi connectivity index (χ1) is 7.36. The molecule has 0 saturated carbocycles. The highest BCUT2D eigenvalue weighted by atomic mass is 16.5. The maximum Gasteiger partial charge on any atom is 0.290 e. The summed E-state index contributed by atoms with van der Waals surface area (Å²) in [6, 6.07) is 5.46. The van der Waals surface area contributed by atoms with Gasteiger partial charge < -0.3 is 9.52 Å². The van der Waals surface area contributed by atoms with E-state index in [4.69, 9.17) is 4.42 Å². The van der Waals surface area contributed by atoms with Crippen LogP contribution in [0.1, 0.15) is 11.1 Å².